The molecule has 1 aliphatic rings. The normalized spacial score (nSPS) is 20.1. The molecule has 6 heteroatoms. The van der Waals surface area contributed by atoms with Gasteiger partial charge in [0.15, 0.2) is 11.6 Å². The molecule has 0 aliphatic carbocycles. The van der Waals surface area contributed by atoms with Crippen LogP contribution in [0.2, 0.25) is 0 Å². The van der Waals surface area contributed by atoms with Gasteiger partial charge in [-0.3, -0.25) is 4.79 Å². The van der Waals surface area contributed by atoms with Crippen LogP contribution in [0.1, 0.15) is 12.8 Å². The molecule has 1 aliphatic heterocycles. The third-order valence-corrected chi connectivity index (χ3v) is 3.42. The first kappa shape index (κ1) is 12.4. The summed E-state index contributed by atoms with van der Waals surface area (Å²) in [6, 6.07) is 2.19. The molecule has 92 valence electrons. The van der Waals surface area contributed by atoms with Crippen molar-refractivity contribution in [1.82, 2.24) is 0 Å². The molecule has 1 aromatic carbocycles. The lowest BCUT2D eigenvalue weighted by Crippen LogP contribution is -2.36. The molecule has 0 aromatic heterocycles. The number of halogens is 3. The topological polar surface area (TPSA) is 40.5 Å². The van der Waals surface area contributed by atoms with E-state index in [1.54, 1.807) is 0 Å². The molecular weight excluding hydrogens is 296 g/mol. The summed E-state index contributed by atoms with van der Waals surface area (Å²) >= 11 is 2.87. The summed E-state index contributed by atoms with van der Waals surface area (Å²) in [5.74, 6) is -2.41. The minimum Gasteiger partial charge on any atom is -0.394 e. The number of carbonyl (C=O) groups excluding carboxylic acids is 1. The smallest absolute Gasteiger partial charge is 0.227 e. The van der Waals surface area contributed by atoms with Crippen molar-refractivity contribution in [3.05, 3.63) is 28.2 Å². The fourth-order valence-electron chi connectivity index (χ4n) is 1.95. The summed E-state index contributed by atoms with van der Waals surface area (Å²) < 4.78 is 27.1. The number of anilines is 1. The van der Waals surface area contributed by atoms with Gasteiger partial charge in [0.1, 0.15) is 0 Å². The van der Waals surface area contributed by atoms with Crippen molar-refractivity contribution in [2.24, 2.45) is 0 Å². The number of nitrogens with zero attached hydrogens (tertiary/aromatic N) is 1. The van der Waals surface area contributed by atoms with Gasteiger partial charge in [0.05, 0.1) is 22.8 Å². The molecule has 0 saturated carbocycles. The van der Waals surface area contributed by atoms with Crippen molar-refractivity contribution in [2.45, 2.75) is 18.9 Å². The molecule has 3 nitrogen and oxygen atoms in total. The van der Waals surface area contributed by atoms with Crippen molar-refractivity contribution in [3.63, 3.8) is 0 Å². The zero-order chi connectivity index (χ0) is 12.6. The first-order valence-electron chi connectivity index (χ1n) is 5.12. The fraction of sp³-hybridized carbons (Fsp3) is 0.364. The van der Waals surface area contributed by atoms with Gasteiger partial charge in [0, 0.05) is 6.42 Å². The maximum Gasteiger partial charge on any atom is 0.227 e. The predicted molar refractivity (Wildman–Crippen MR) is 61.7 cm³/mol. The third kappa shape index (κ3) is 2.07. The summed E-state index contributed by atoms with van der Waals surface area (Å²) in [4.78, 5) is 12.7. The van der Waals surface area contributed by atoms with Crippen LogP contribution in [0.25, 0.3) is 0 Å². The second kappa shape index (κ2) is 4.70. The summed E-state index contributed by atoms with van der Waals surface area (Å²) in [7, 11) is 0. The molecule has 1 aromatic rings. The minimum absolute atomic E-state index is 0.00550. The van der Waals surface area contributed by atoms with Crippen LogP contribution in [0.3, 0.4) is 0 Å². The molecule has 0 radical (unpaired) electrons. The molecule has 1 saturated heterocycles. The standard InChI is InChI=1S/C11H10BrF2NO2/c12-7-2-3-8(11(14)10(7)13)15-6(5-16)1-4-9(15)17/h2-3,6,16H,1,4-5H2/t6-/m0/s1. The van der Waals surface area contributed by atoms with E-state index in [4.69, 9.17) is 5.11 Å². The second-order valence-electron chi connectivity index (χ2n) is 3.83. The molecule has 0 unspecified atom stereocenters. The fourth-order valence-corrected chi connectivity index (χ4v) is 2.26. The quantitative estimate of drug-likeness (QED) is 0.851. The van der Waals surface area contributed by atoms with Crippen LogP contribution in [-0.2, 0) is 4.79 Å². The van der Waals surface area contributed by atoms with E-state index in [1.807, 2.05) is 0 Å². The van der Waals surface area contributed by atoms with Crippen LogP contribution >= 0.6 is 15.9 Å². The van der Waals surface area contributed by atoms with E-state index in [1.165, 1.54) is 12.1 Å². The van der Waals surface area contributed by atoms with Crippen LogP contribution in [0.4, 0.5) is 14.5 Å². The highest BCUT2D eigenvalue weighted by molar-refractivity contribution is 9.10. The van der Waals surface area contributed by atoms with E-state index in [0.717, 1.165) is 4.90 Å². The maximum absolute atomic E-state index is 13.7. The molecule has 0 spiro atoms. The average Bonchev–Trinajstić information content (AvgIpc) is 2.68. The number of aliphatic hydroxyl groups is 1. The van der Waals surface area contributed by atoms with Crippen LogP contribution in [0, 0.1) is 11.6 Å². The molecule has 1 fully saturated rings. The monoisotopic (exact) mass is 305 g/mol. The zero-order valence-electron chi connectivity index (χ0n) is 8.79. The van der Waals surface area contributed by atoms with Crippen LogP contribution in [0.5, 0.6) is 0 Å². The van der Waals surface area contributed by atoms with Crippen molar-refractivity contribution in [1.29, 1.82) is 0 Å². The summed E-state index contributed by atoms with van der Waals surface area (Å²) in [6.07, 6.45) is 0.689. The summed E-state index contributed by atoms with van der Waals surface area (Å²) in [5.41, 5.74) is -0.118. The number of rotatable bonds is 2. The van der Waals surface area contributed by atoms with Crippen molar-refractivity contribution in [3.8, 4) is 0 Å². The summed E-state index contributed by atoms with van der Waals surface area (Å²) in [5, 5.41) is 9.11. The van der Waals surface area contributed by atoms with E-state index in [-0.39, 0.29) is 29.1 Å². The molecule has 1 N–H and O–H groups in total. The van der Waals surface area contributed by atoms with Crippen LogP contribution < -0.4 is 4.90 Å². The van der Waals surface area contributed by atoms with Gasteiger partial charge in [-0.1, -0.05) is 0 Å². The predicted octanol–water partition coefficient (Wildman–Crippen LogP) is 2.21. The van der Waals surface area contributed by atoms with Gasteiger partial charge < -0.3 is 10.0 Å². The highest BCUT2D eigenvalue weighted by Crippen LogP contribution is 2.32. The molecule has 1 heterocycles. The lowest BCUT2D eigenvalue weighted by Gasteiger charge is -2.23. The highest BCUT2D eigenvalue weighted by atomic mass is 79.9. The van der Waals surface area contributed by atoms with Gasteiger partial charge in [0.2, 0.25) is 5.91 Å². The van der Waals surface area contributed by atoms with Gasteiger partial charge in [-0.05, 0) is 34.5 Å². The van der Waals surface area contributed by atoms with Crippen molar-refractivity contribution in [2.75, 3.05) is 11.5 Å². The second-order valence-corrected chi connectivity index (χ2v) is 4.69. The van der Waals surface area contributed by atoms with E-state index < -0.39 is 17.7 Å². The third-order valence-electron chi connectivity index (χ3n) is 2.81. The number of benzene rings is 1. The van der Waals surface area contributed by atoms with E-state index in [9.17, 15) is 13.6 Å². The minimum atomic E-state index is -1.08. The van der Waals surface area contributed by atoms with Gasteiger partial charge in [-0.2, -0.15) is 0 Å². The molecule has 0 bridgehead atoms. The van der Waals surface area contributed by atoms with Crippen molar-refractivity contribution >= 4 is 27.5 Å². The highest BCUT2D eigenvalue weighted by Gasteiger charge is 2.34. The number of carbonyl (C=O) groups is 1. The zero-order valence-corrected chi connectivity index (χ0v) is 10.4. The number of aliphatic hydroxyl groups excluding tert-OH is 1. The Morgan fingerprint density at radius 3 is 2.76 bits per heavy atom. The molecule has 2 rings (SSSR count). The number of amides is 1. The Labute approximate surface area is 105 Å². The van der Waals surface area contributed by atoms with Crippen molar-refractivity contribution < 1.29 is 18.7 Å². The number of hydrogen-bond donors (Lipinski definition) is 1. The first-order valence-corrected chi connectivity index (χ1v) is 5.92. The Kier molecular flexibility index (Phi) is 3.44. The molecule has 1 atom stereocenters. The lowest BCUT2D eigenvalue weighted by molar-refractivity contribution is -0.117. The van der Waals surface area contributed by atoms with E-state index in [0.29, 0.717) is 6.42 Å². The lowest BCUT2D eigenvalue weighted by atomic mass is 10.2. The Morgan fingerprint density at radius 1 is 1.41 bits per heavy atom. The van der Waals surface area contributed by atoms with Gasteiger partial charge in [0.25, 0.3) is 0 Å². The van der Waals surface area contributed by atoms with Gasteiger partial charge in [-0.15, -0.1) is 0 Å². The average molecular weight is 306 g/mol. The van der Waals surface area contributed by atoms with Crippen LogP contribution in [0.15, 0.2) is 16.6 Å². The molecular formula is C11H10BrF2NO2. The SMILES string of the molecule is O=C1CC[C@@H](CO)N1c1ccc(Br)c(F)c1F. The number of hydrogen-bond acceptors (Lipinski definition) is 2. The molecule has 1 amide bonds. The Bertz CT molecular complexity index is 467. The van der Waals surface area contributed by atoms with Gasteiger partial charge >= 0.3 is 0 Å². The van der Waals surface area contributed by atoms with Crippen LogP contribution in [-0.4, -0.2) is 23.7 Å². The van der Waals surface area contributed by atoms with Gasteiger partial charge in [-0.25, -0.2) is 8.78 Å². The first-order chi connectivity index (χ1) is 8.06. The molecule has 17 heavy (non-hydrogen) atoms. The maximum atomic E-state index is 13.7. The summed E-state index contributed by atoms with van der Waals surface area (Å²) in [6.45, 7) is -0.261. The Hall–Kier alpha value is -1.01. The van der Waals surface area contributed by atoms with E-state index >= 15 is 0 Å². The largest absolute Gasteiger partial charge is 0.394 e. The van der Waals surface area contributed by atoms with E-state index in [2.05, 4.69) is 15.9 Å². The Balaban J connectivity index is 2.46. The Morgan fingerprint density at radius 2 is 2.12 bits per heavy atom.